The molecular weight excluding hydrogens is 635 g/mol. The van der Waals surface area contributed by atoms with Gasteiger partial charge in [0.25, 0.3) is 0 Å². The van der Waals surface area contributed by atoms with Gasteiger partial charge in [0.15, 0.2) is 0 Å². The summed E-state index contributed by atoms with van der Waals surface area (Å²) in [6.07, 6.45) is 3.82. The molecule has 1 aliphatic rings. The van der Waals surface area contributed by atoms with Crippen molar-refractivity contribution in [3.63, 3.8) is 0 Å². The molecule has 0 spiro atoms. The van der Waals surface area contributed by atoms with Crippen LogP contribution in [0.1, 0.15) is 99.5 Å². The molecule has 0 aromatic heterocycles. The smallest absolute Gasteiger partial charge is 0.226 e. The molecule has 0 bridgehead atoms. The second-order valence-corrected chi connectivity index (χ2v) is 15.3. The molecule has 1 aromatic carbocycles. The van der Waals surface area contributed by atoms with Crippen molar-refractivity contribution in [2.24, 2.45) is 35.5 Å². The van der Waals surface area contributed by atoms with Crippen molar-refractivity contribution in [2.75, 3.05) is 34.4 Å². The summed E-state index contributed by atoms with van der Waals surface area (Å²) in [4.78, 5) is 46.1. The quantitative estimate of drug-likeness (QED) is 0.139. The Morgan fingerprint density at radius 2 is 1.57 bits per heavy atom. The third kappa shape index (κ3) is 11.9. The lowest BCUT2D eigenvalue weighted by atomic mass is 9.80. The predicted octanol–water partition coefficient (Wildman–Crippen LogP) is 6.98. The van der Waals surface area contributed by atoms with Crippen LogP contribution in [0.25, 0.3) is 0 Å². The molecule has 9 heteroatoms. The minimum Gasteiger partial charge on any atom is -0.379 e. The predicted molar refractivity (Wildman–Crippen MR) is 203 cm³/mol. The fraction of sp³-hybridized carbons (Fsp3) is 0.750. The van der Waals surface area contributed by atoms with Crippen molar-refractivity contribution in [2.45, 2.75) is 125 Å². The summed E-state index contributed by atoms with van der Waals surface area (Å²) in [7, 11) is 5.15. The standard InChI is InChI=1S/C40H67N3O5S/c1-12-28(7)37(42(9)40(46)32(27(5)6)24-34(44)31(13-2)26(3)4)35(47-10)25-36(45)43-23-17-20-33(43)38(48-11)29(8)39(49)41-22-21-30-18-15-14-16-19-30/h14-16,18-19,26-29,31-33,35,37-38H,12-13,17,20-25H2,1-11H3,(H,41,49)/t28-,29+,31-,32-,33-,35+,37-,38+/m0/s1. The second kappa shape index (κ2) is 21.1. The minimum atomic E-state index is -0.501. The van der Waals surface area contributed by atoms with E-state index in [2.05, 4.69) is 52.1 Å². The number of nitrogens with one attached hydrogen (secondary N) is 1. The summed E-state index contributed by atoms with van der Waals surface area (Å²) in [5.41, 5.74) is 1.25. The van der Waals surface area contributed by atoms with Crippen molar-refractivity contribution < 1.29 is 23.9 Å². The Bertz CT molecular complexity index is 1180. The number of likely N-dealkylation sites (N-methyl/N-ethyl adjacent to an activating group) is 1. The van der Waals surface area contributed by atoms with E-state index < -0.39 is 12.0 Å². The molecule has 1 saturated heterocycles. The lowest BCUT2D eigenvalue weighted by molar-refractivity contribution is -0.148. The minimum absolute atomic E-state index is 0.000912. The van der Waals surface area contributed by atoms with Crippen molar-refractivity contribution >= 4 is 34.8 Å². The zero-order valence-electron chi connectivity index (χ0n) is 32.4. The lowest BCUT2D eigenvalue weighted by Gasteiger charge is -2.41. The number of hydrogen-bond acceptors (Lipinski definition) is 6. The molecule has 0 aliphatic carbocycles. The van der Waals surface area contributed by atoms with E-state index in [4.69, 9.17) is 21.7 Å². The van der Waals surface area contributed by atoms with E-state index >= 15 is 0 Å². The number of benzene rings is 1. The summed E-state index contributed by atoms with van der Waals surface area (Å²) < 4.78 is 12.1. The fourth-order valence-corrected chi connectivity index (χ4v) is 7.99. The molecule has 1 fully saturated rings. The van der Waals surface area contributed by atoms with Gasteiger partial charge < -0.3 is 24.6 Å². The molecule has 2 amide bonds. The van der Waals surface area contributed by atoms with Gasteiger partial charge in [-0.3, -0.25) is 14.4 Å². The number of hydrogen-bond donors (Lipinski definition) is 1. The molecule has 278 valence electrons. The van der Waals surface area contributed by atoms with Crippen molar-refractivity contribution in [1.82, 2.24) is 15.1 Å². The van der Waals surface area contributed by atoms with E-state index in [0.717, 1.165) is 43.6 Å². The number of carbonyl (C=O) groups excluding carboxylic acids is 3. The Morgan fingerprint density at radius 1 is 0.939 bits per heavy atom. The van der Waals surface area contributed by atoms with Gasteiger partial charge in [-0.15, -0.1) is 0 Å². The lowest BCUT2D eigenvalue weighted by Crippen LogP contribution is -2.54. The number of methoxy groups -OCH3 is 2. The molecule has 8 nitrogen and oxygen atoms in total. The third-order valence-electron chi connectivity index (χ3n) is 11.0. The molecule has 1 aliphatic heterocycles. The molecule has 1 N–H and O–H groups in total. The first kappa shape index (κ1) is 42.8. The summed E-state index contributed by atoms with van der Waals surface area (Å²) in [6, 6.07) is 9.89. The Kier molecular flexibility index (Phi) is 18.4. The molecule has 0 saturated carbocycles. The highest BCUT2D eigenvalue weighted by molar-refractivity contribution is 7.80. The highest BCUT2D eigenvalue weighted by Crippen LogP contribution is 2.31. The number of Topliss-reactive ketones (excluding diaryl/α,β-unsaturated/α-hetero) is 1. The number of thiocarbonyl (C=S) groups is 1. The van der Waals surface area contributed by atoms with Gasteiger partial charge in [-0.05, 0) is 49.0 Å². The van der Waals surface area contributed by atoms with E-state index in [0.29, 0.717) is 6.54 Å². The summed E-state index contributed by atoms with van der Waals surface area (Å²) in [6.45, 7) is 17.9. The summed E-state index contributed by atoms with van der Waals surface area (Å²) in [5, 5.41) is 3.42. The zero-order valence-corrected chi connectivity index (χ0v) is 33.2. The first-order valence-electron chi connectivity index (χ1n) is 18.7. The maximum absolute atomic E-state index is 14.2. The van der Waals surface area contributed by atoms with Crippen LogP contribution in [0.5, 0.6) is 0 Å². The van der Waals surface area contributed by atoms with Crippen LogP contribution in [0.3, 0.4) is 0 Å². The number of amides is 2. The van der Waals surface area contributed by atoms with Gasteiger partial charge in [-0.2, -0.15) is 0 Å². The van der Waals surface area contributed by atoms with Gasteiger partial charge in [0.1, 0.15) is 5.78 Å². The molecule has 0 unspecified atom stereocenters. The van der Waals surface area contributed by atoms with Gasteiger partial charge in [0.05, 0.1) is 35.7 Å². The molecule has 1 aromatic rings. The van der Waals surface area contributed by atoms with Crippen LogP contribution in [0.15, 0.2) is 30.3 Å². The zero-order chi connectivity index (χ0) is 36.8. The van der Waals surface area contributed by atoms with Crippen LogP contribution >= 0.6 is 12.2 Å². The van der Waals surface area contributed by atoms with Crippen LogP contribution in [0.4, 0.5) is 0 Å². The van der Waals surface area contributed by atoms with Gasteiger partial charge in [-0.25, -0.2) is 0 Å². The fourth-order valence-electron chi connectivity index (χ4n) is 7.75. The average Bonchev–Trinajstić information content (AvgIpc) is 3.56. The SMILES string of the molecule is CC[C@H](C(=O)C[C@H](C(=O)N(C)[C@@H]([C@@H](C)CC)[C@@H](CC(=O)N1CCC[C@H]1[C@H](OC)[C@@H](C)C(=S)NCCc1ccccc1)OC)C(C)C)C(C)C. The topological polar surface area (TPSA) is 88.2 Å². The van der Waals surface area contributed by atoms with Crippen LogP contribution in [0.2, 0.25) is 0 Å². The van der Waals surface area contributed by atoms with Crippen molar-refractivity contribution in [3.8, 4) is 0 Å². The van der Waals surface area contributed by atoms with Gasteiger partial charge >= 0.3 is 0 Å². The van der Waals surface area contributed by atoms with Gasteiger partial charge in [0, 0.05) is 58.5 Å². The highest BCUT2D eigenvalue weighted by Gasteiger charge is 2.42. The molecule has 0 radical (unpaired) electrons. The molecule has 8 atom stereocenters. The normalized spacial score (nSPS) is 19.2. The summed E-state index contributed by atoms with van der Waals surface area (Å²) in [5.74, 6) is -0.150. The Morgan fingerprint density at radius 3 is 2.10 bits per heavy atom. The first-order chi connectivity index (χ1) is 23.2. The largest absolute Gasteiger partial charge is 0.379 e. The first-order valence-corrected chi connectivity index (χ1v) is 19.1. The maximum atomic E-state index is 14.2. The number of nitrogens with zero attached hydrogens (tertiary/aromatic N) is 2. The highest BCUT2D eigenvalue weighted by atomic mass is 32.1. The Balaban J connectivity index is 2.20. The number of carbonyl (C=O) groups is 3. The van der Waals surface area contributed by atoms with E-state index in [1.165, 1.54) is 5.56 Å². The maximum Gasteiger partial charge on any atom is 0.226 e. The van der Waals surface area contributed by atoms with E-state index in [1.807, 2.05) is 50.9 Å². The monoisotopic (exact) mass is 701 g/mol. The van der Waals surface area contributed by atoms with E-state index in [9.17, 15) is 14.4 Å². The Labute approximate surface area is 303 Å². The number of ketones is 1. The van der Waals surface area contributed by atoms with E-state index in [1.54, 1.807) is 19.1 Å². The van der Waals surface area contributed by atoms with Crippen molar-refractivity contribution in [3.05, 3.63) is 35.9 Å². The molecule has 2 rings (SSSR count). The van der Waals surface area contributed by atoms with Crippen LogP contribution in [-0.2, 0) is 30.3 Å². The van der Waals surface area contributed by atoms with Crippen molar-refractivity contribution in [1.29, 1.82) is 0 Å². The van der Waals surface area contributed by atoms with E-state index in [-0.39, 0.29) is 78.2 Å². The molecule has 49 heavy (non-hydrogen) atoms. The van der Waals surface area contributed by atoms with Gasteiger partial charge in [0.2, 0.25) is 11.8 Å². The second-order valence-electron chi connectivity index (χ2n) is 14.9. The average molecular weight is 702 g/mol. The number of ether oxygens (including phenoxy) is 2. The van der Waals surface area contributed by atoms with Crippen LogP contribution in [0, 0.1) is 35.5 Å². The third-order valence-corrected chi connectivity index (χ3v) is 11.5. The van der Waals surface area contributed by atoms with Crippen LogP contribution in [-0.4, -0.2) is 91.0 Å². The number of rotatable bonds is 21. The molecule has 1 heterocycles. The summed E-state index contributed by atoms with van der Waals surface area (Å²) >= 11 is 5.82. The van der Waals surface area contributed by atoms with Gasteiger partial charge in [-0.1, -0.05) is 104 Å². The molecular formula is C40H67N3O5S. The Hall–Kier alpha value is -2.36. The van der Waals surface area contributed by atoms with Crippen LogP contribution < -0.4 is 5.32 Å². The number of likely N-dealkylation sites (tertiary alicyclic amines) is 1.